The number of amides is 1. The molecule has 5 heterocycles. The molecule has 3 aliphatic rings. The van der Waals surface area contributed by atoms with Gasteiger partial charge in [-0.3, -0.25) is 14.7 Å². The predicted molar refractivity (Wildman–Crippen MR) is 92.6 cm³/mol. The van der Waals surface area contributed by atoms with Crippen LogP contribution in [0.15, 0.2) is 36.7 Å². The van der Waals surface area contributed by atoms with E-state index < -0.39 is 0 Å². The zero-order valence-electron chi connectivity index (χ0n) is 13.2. The molecular formula is C18H21N3OS. The van der Waals surface area contributed by atoms with E-state index in [1.54, 1.807) is 23.7 Å². The van der Waals surface area contributed by atoms with E-state index in [2.05, 4.69) is 22.1 Å². The molecule has 2 atom stereocenters. The summed E-state index contributed by atoms with van der Waals surface area (Å²) in [7, 11) is 0. The molecule has 3 saturated heterocycles. The number of thiophene rings is 1. The van der Waals surface area contributed by atoms with Crippen LogP contribution in [-0.2, 0) is 0 Å². The summed E-state index contributed by atoms with van der Waals surface area (Å²) < 4.78 is 0. The van der Waals surface area contributed by atoms with Gasteiger partial charge in [0.25, 0.3) is 5.91 Å². The third-order valence-electron chi connectivity index (χ3n) is 5.27. The van der Waals surface area contributed by atoms with E-state index >= 15 is 0 Å². The summed E-state index contributed by atoms with van der Waals surface area (Å²) in [4.78, 5) is 21.1. The highest BCUT2D eigenvalue weighted by atomic mass is 32.1. The van der Waals surface area contributed by atoms with E-state index in [-0.39, 0.29) is 11.9 Å². The van der Waals surface area contributed by atoms with Crippen LogP contribution >= 0.6 is 11.3 Å². The first-order valence-corrected chi connectivity index (χ1v) is 9.09. The smallest absolute Gasteiger partial charge is 0.261 e. The second kappa shape index (κ2) is 6.06. The van der Waals surface area contributed by atoms with E-state index in [0.29, 0.717) is 12.0 Å². The Morgan fingerprint density at radius 3 is 2.65 bits per heavy atom. The van der Waals surface area contributed by atoms with Gasteiger partial charge in [0.05, 0.1) is 4.88 Å². The van der Waals surface area contributed by atoms with Crippen molar-refractivity contribution < 1.29 is 4.79 Å². The molecule has 4 nitrogen and oxygen atoms in total. The first-order chi connectivity index (χ1) is 11.2. The van der Waals surface area contributed by atoms with Gasteiger partial charge in [-0.1, -0.05) is 0 Å². The lowest BCUT2D eigenvalue weighted by Gasteiger charge is -2.49. The summed E-state index contributed by atoms with van der Waals surface area (Å²) in [5.41, 5.74) is 1.11. The maximum atomic E-state index is 12.6. The van der Waals surface area contributed by atoms with Crippen LogP contribution in [-0.4, -0.2) is 41.0 Å². The summed E-state index contributed by atoms with van der Waals surface area (Å²) in [6.07, 6.45) is 5.98. The highest BCUT2D eigenvalue weighted by Gasteiger charge is 2.40. The molecule has 2 aromatic rings. The molecular weight excluding hydrogens is 306 g/mol. The average Bonchev–Trinajstić information content (AvgIpc) is 3.09. The van der Waals surface area contributed by atoms with E-state index in [1.165, 1.54) is 25.9 Å². The Hall–Kier alpha value is -1.72. The van der Waals surface area contributed by atoms with Crippen molar-refractivity contribution in [3.63, 3.8) is 0 Å². The van der Waals surface area contributed by atoms with Crippen LogP contribution in [0.2, 0.25) is 0 Å². The molecule has 3 fully saturated rings. The number of piperidine rings is 3. The molecule has 5 rings (SSSR count). The van der Waals surface area contributed by atoms with E-state index in [9.17, 15) is 4.79 Å². The van der Waals surface area contributed by atoms with Gasteiger partial charge in [0.2, 0.25) is 0 Å². The maximum absolute atomic E-state index is 12.6. The minimum atomic E-state index is 0.0703. The first kappa shape index (κ1) is 14.8. The molecule has 0 radical (unpaired) electrons. The van der Waals surface area contributed by atoms with Crippen LogP contribution in [0.4, 0.5) is 0 Å². The number of hydrogen-bond donors (Lipinski definition) is 1. The highest BCUT2D eigenvalue weighted by Crippen LogP contribution is 2.33. The number of rotatable bonds is 3. The molecule has 1 amide bonds. The Labute approximate surface area is 140 Å². The summed E-state index contributed by atoms with van der Waals surface area (Å²) >= 11 is 1.55. The number of pyridine rings is 1. The molecule has 23 heavy (non-hydrogen) atoms. The quantitative estimate of drug-likeness (QED) is 0.942. The molecule has 2 unspecified atom stereocenters. The van der Waals surface area contributed by atoms with Gasteiger partial charge in [0, 0.05) is 29.4 Å². The lowest BCUT2D eigenvalue weighted by Crippen LogP contribution is -2.62. The maximum Gasteiger partial charge on any atom is 0.261 e. The van der Waals surface area contributed by atoms with Gasteiger partial charge in [-0.25, -0.2) is 0 Å². The number of nitrogens with zero attached hydrogens (tertiary/aromatic N) is 2. The minimum absolute atomic E-state index is 0.0703. The standard InChI is InChI=1S/C18H21N3OS/c1-12-17(14-6-10-21(12)11-7-14)20-18(22)16-3-2-15(23-16)13-4-8-19-9-5-13/h2-5,8-9,12,14,17H,6-7,10-11H2,1H3,(H,20,22). The zero-order valence-corrected chi connectivity index (χ0v) is 14.1. The number of hydrogen-bond acceptors (Lipinski definition) is 4. The lowest BCUT2D eigenvalue weighted by molar-refractivity contribution is 0.0218. The van der Waals surface area contributed by atoms with Crippen LogP contribution in [0, 0.1) is 5.92 Å². The SMILES string of the molecule is CC1C(NC(=O)c2ccc(-c3ccncc3)s2)C2CCN1CC2. The third kappa shape index (κ3) is 2.79. The first-order valence-electron chi connectivity index (χ1n) is 8.27. The van der Waals surface area contributed by atoms with Crippen LogP contribution < -0.4 is 5.32 Å². The summed E-state index contributed by atoms with van der Waals surface area (Å²) in [5.74, 6) is 0.708. The van der Waals surface area contributed by atoms with Gasteiger partial charge in [-0.15, -0.1) is 11.3 Å². The average molecular weight is 327 g/mol. The van der Waals surface area contributed by atoms with Crippen molar-refractivity contribution in [1.29, 1.82) is 0 Å². The Balaban J connectivity index is 1.49. The normalized spacial score (nSPS) is 29.4. The molecule has 2 bridgehead atoms. The molecule has 0 saturated carbocycles. The topological polar surface area (TPSA) is 45.2 Å². The summed E-state index contributed by atoms with van der Waals surface area (Å²) in [6, 6.07) is 8.64. The predicted octanol–water partition coefficient (Wildman–Crippen LogP) is 3.02. The van der Waals surface area contributed by atoms with E-state index in [1.807, 2.05) is 24.3 Å². The van der Waals surface area contributed by atoms with Crippen molar-refractivity contribution in [2.24, 2.45) is 5.92 Å². The Bertz CT molecular complexity index is 689. The van der Waals surface area contributed by atoms with Gasteiger partial charge in [0.1, 0.15) is 0 Å². The van der Waals surface area contributed by atoms with Crippen molar-refractivity contribution in [3.8, 4) is 10.4 Å². The van der Waals surface area contributed by atoms with E-state index in [0.717, 1.165) is 15.3 Å². The fourth-order valence-corrected chi connectivity index (χ4v) is 4.81. The molecule has 5 heteroatoms. The second-order valence-corrected chi connectivity index (χ2v) is 7.60. The van der Waals surface area contributed by atoms with Gasteiger partial charge in [0.15, 0.2) is 0 Å². The molecule has 120 valence electrons. The second-order valence-electron chi connectivity index (χ2n) is 6.51. The van der Waals surface area contributed by atoms with Gasteiger partial charge in [-0.2, -0.15) is 0 Å². The molecule has 0 spiro atoms. The van der Waals surface area contributed by atoms with Gasteiger partial charge >= 0.3 is 0 Å². The molecule has 3 aliphatic heterocycles. The fourth-order valence-electron chi connectivity index (χ4n) is 3.90. The Morgan fingerprint density at radius 1 is 1.22 bits per heavy atom. The largest absolute Gasteiger partial charge is 0.347 e. The monoisotopic (exact) mass is 327 g/mol. The molecule has 0 aliphatic carbocycles. The van der Waals surface area contributed by atoms with Gasteiger partial charge < -0.3 is 5.32 Å². The van der Waals surface area contributed by atoms with Crippen molar-refractivity contribution in [1.82, 2.24) is 15.2 Å². The molecule has 1 N–H and O–H groups in total. The van der Waals surface area contributed by atoms with E-state index in [4.69, 9.17) is 0 Å². The minimum Gasteiger partial charge on any atom is -0.347 e. The van der Waals surface area contributed by atoms with Gasteiger partial charge in [-0.05, 0) is 68.6 Å². The lowest BCUT2D eigenvalue weighted by atomic mass is 9.79. The van der Waals surface area contributed by atoms with Crippen molar-refractivity contribution >= 4 is 17.2 Å². The molecule has 2 aromatic heterocycles. The number of fused-ring (bicyclic) bond motifs is 3. The van der Waals surface area contributed by atoms with Crippen LogP contribution in [0.25, 0.3) is 10.4 Å². The summed E-state index contributed by atoms with van der Waals surface area (Å²) in [6.45, 7) is 4.61. The third-order valence-corrected chi connectivity index (χ3v) is 6.40. The van der Waals surface area contributed by atoms with Crippen LogP contribution in [0.5, 0.6) is 0 Å². The van der Waals surface area contributed by atoms with Crippen molar-refractivity contribution in [2.45, 2.75) is 31.8 Å². The van der Waals surface area contributed by atoms with Crippen LogP contribution in [0.3, 0.4) is 0 Å². The highest BCUT2D eigenvalue weighted by molar-refractivity contribution is 7.17. The fraction of sp³-hybridized carbons (Fsp3) is 0.444. The Kier molecular flexibility index (Phi) is 3.91. The van der Waals surface area contributed by atoms with Crippen molar-refractivity contribution in [3.05, 3.63) is 41.5 Å². The molecule has 0 aromatic carbocycles. The number of carbonyl (C=O) groups excluding carboxylic acids is 1. The number of nitrogens with one attached hydrogen (secondary N) is 1. The number of aromatic nitrogens is 1. The zero-order chi connectivity index (χ0) is 15.8. The van der Waals surface area contributed by atoms with Crippen LogP contribution in [0.1, 0.15) is 29.4 Å². The summed E-state index contributed by atoms with van der Waals surface area (Å²) in [5, 5.41) is 3.30. The Morgan fingerprint density at radius 2 is 1.96 bits per heavy atom. The number of carbonyl (C=O) groups is 1. The van der Waals surface area contributed by atoms with Crippen molar-refractivity contribution in [2.75, 3.05) is 13.1 Å².